The zero-order chi connectivity index (χ0) is 21.3. The molecule has 3 N–H and O–H groups in total. The summed E-state index contributed by atoms with van der Waals surface area (Å²) < 4.78 is 5.06. The molecule has 0 atom stereocenters. The Morgan fingerprint density at radius 3 is 2.30 bits per heavy atom. The lowest BCUT2D eigenvalue weighted by Crippen LogP contribution is -2.28. The van der Waals surface area contributed by atoms with Gasteiger partial charge in [-0.15, -0.1) is 0 Å². The monoisotopic (exact) mass is 406 g/mol. The van der Waals surface area contributed by atoms with Crippen LogP contribution in [0, 0.1) is 0 Å². The van der Waals surface area contributed by atoms with Crippen LogP contribution in [-0.2, 0) is 13.1 Å². The van der Waals surface area contributed by atoms with Gasteiger partial charge < -0.3 is 25.3 Å². The maximum atomic E-state index is 12.2. The van der Waals surface area contributed by atoms with Gasteiger partial charge in [-0.1, -0.05) is 31.2 Å². The van der Waals surface area contributed by atoms with Gasteiger partial charge in [0.1, 0.15) is 0 Å². The van der Waals surface area contributed by atoms with Gasteiger partial charge in [-0.05, 0) is 61.1 Å². The first kappa shape index (κ1) is 21.1. The third kappa shape index (κ3) is 6.22. The Kier molecular flexibility index (Phi) is 7.24. The molecule has 1 aromatic heterocycles. The van der Waals surface area contributed by atoms with Gasteiger partial charge >= 0.3 is 6.03 Å². The lowest BCUT2D eigenvalue weighted by Gasteiger charge is -2.14. The highest BCUT2D eigenvalue weighted by molar-refractivity contribution is 6.02. The quantitative estimate of drug-likeness (QED) is 0.520. The highest BCUT2D eigenvalue weighted by atomic mass is 16.3. The van der Waals surface area contributed by atoms with Gasteiger partial charge in [-0.3, -0.25) is 4.79 Å². The number of hydrogen-bond donors (Lipinski definition) is 3. The topological polar surface area (TPSA) is 86.6 Å². The van der Waals surface area contributed by atoms with Crippen molar-refractivity contribution in [3.63, 3.8) is 0 Å². The molecule has 0 unspecified atom stereocenters. The molecule has 0 bridgehead atoms. The second-order valence-electron chi connectivity index (χ2n) is 6.97. The predicted octanol–water partition coefficient (Wildman–Crippen LogP) is 4.31. The van der Waals surface area contributed by atoms with Crippen molar-refractivity contribution in [2.45, 2.75) is 20.0 Å². The first-order valence-corrected chi connectivity index (χ1v) is 9.79. The summed E-state index contributed by atoms with van der Waals surface area (Å²) in [5, 5.41) is 8.38. The minimum atomic E-state index is -0.328. The Morgan fingerprint density at radius 1 is 0.933 bits per heavy atom. The van der Waals surface area contributed by atoms with Crippen molar-refractivity contribution in [3.8, 4) is 0 Å². The molecule has 156 valence electrons. The Morgan fingerprint density at radius 2 is 1.63 bits per heavy atom. The lowest BCUT2D eigenvalue weighted by atomic mass is 10.1. The van der Waals surface area contributed by atoms with Crippen LogP contribution in [0.3, 0.4) is 0 Å². The van der Waals surface area contributed by atoms with Crippen LogP contribution in [0.1, 0.15) is 28.6 Å². The molecule has 7 nitrogen and oxygen atoms in total. The second-order valence-corrected chi connectivity index (χ2v) is 6.97. The van der Waals surface area contributed by atoms with Crippen LogP contribution in [0.15, 0.2) is 71.3 Å². The van der Waals surface area contributed by atoms with Crippen LogP contribution in [0.2, 0.25) is 0 Å². The SMILES string of the molecule is CCN(C)Cc1cccc(CNC(=O)Nc2ccc(NC(=O)c3ccco3)cc2)c1. The molecule has 3 amide bonds. The van der Waals surface area contributed by atoms with E-state index in [0.29, 0.717) is 17.9 Å². The fourth-order valence-electron chi connectivity index (χ4n) is 2.86. The number of urea groups is 1. The maximum Gasteiger partial charge on any atom is 0.319 e. The largest absolute Gasteiger partial charge is 0.459 e. The zero-order valence-corrected chi connectivity index (χ0v) is 17.1. The van der Waals surface area contributed by atoms with Crippen LogP contribution in [-0.4, -0.2) is 30.4 Å². The highest BCUT2D eigenvalue weighted by Gasteiger charge is 2.09. The summed E-state index contributed by atoms with van der Waals surface area (Å²) in [6.45, 7) is 4.41. The van der Waals surface area contributed by atoms with Gasteiger partial charge in [0, 0.05) is 24.5 Å². The number of anilines is 2. The number of carbonyl (C=O) groups excluding carboxylic acids is 2. The Balaban J connectivity index is 1.48. The molecule has 7 heteroatoms. The van der Waals surface area contributed by atoms with Crippen LogP contribution >= 0.6 is 0 Å². The number of carbonyl (C=O) groups is 2. The Labute approximate surface area is 176 Å². The summed E-state index contributed by atoms with van der Waals surface area (Å²) in [7, 11) is 2.08. The average molecular weight is 406 g/mol. The first-order valence-electron chi connectivity index (χ1n) is 9.79. The maximum absolute atomic E-state index is 12.2. The van der Waals surface area contributed by atoms with E-state index >= 15 is 0 Å². The van der Waals surface area contributed by atoms with E-state index in [1.807, 2.05) is 12.1 Å². The molecule has 0 saturated carbocycles. The molecule has 0 aliphatic rings. The molecule has 0 aliphatic carbocycles. The summed E-state index contributed by atoms with van der Waals surface area (Å²) in [6, 6.07) is 18.0. The van der Waals surface area contributed by atoms with E-state index in [1.54, 1.807) is 36.4 Å². The van der Waals surface area contributed by atoms with E-state index in [4.69, 9.17) is 4.42 Å². The Hall–Kier alpha value is -3.58. The van der Waals surface area contributed by atoms with Crippen molar-refractivity contribution in [2.24, 2.45) is 0 Å². The molecular weight excluding hydrogens is 380 g/mol. The number of hydrogen-bond acceptors (Lipinski definition) is 4. The van der Waals surface area contributed by atoms with Crippen molar-refractivity contribution in [1.82, 2.24) is 10.2 Å². The van der Waals surface area contributed by atoms with E-state index in [2.05, 4.69) is 47.0 Å². The number of nitrogens with zero attached hydrogens (tertiary/aromatic N) is 1. The molecule has 3 aromatic rings. The summed E-state index contributed by atoms with van der Waals surface area (Å²) >= 11 is 0. The summed E-state index contributed by atoms with van der Waals surface area (Å²) in [6.07, 6.45) is 1.44. The van der Waals surface area contributed by atoms with E-state index in [-0.39, 0.29) is 17.7 Å². The smallest absolute Gasteiger partial charge is 0.319 e. The fraction of sp³-hybridized carbons (Fsp3) is 0.217. The third-order valence-corrected chi connectivity index (χ3v) is 4.58. The number of benzene rings is 2. The van der Waals surface area contributed by atoms with Gasteiger partial charge in [-0.25, -0.2) is 4.79 Å². The average Bonchev–Trinajstić information content (AvgIpc) is 3.29. The molecule has 0 aliphatic heterocycles. The lowest BCUT2D eigenvalue weighted by molar-refractivity contribution is 0.0996. The van der Waals surface area contributed by atoms with Gasteiger partial charge in [0.15, 0.2) is 5.76 Å². The van der Waals surface area contributed by atoms with Crippen LogP contribution in [0.4, 0.5) is 16.2 Å². The number of nitrogens with one attached hydrogen (secondary N) is 3. The van der Waals surface area contributed by atoms with Gasteiger partial charge in [-0.2, -0.15) is 0 Å². The van der Waals surface area contributed by atoms with Crippen molar-refractivity contribution in [1.29, 1.82) is 0 Å². The van der Waals surface area contributed by atoms with Crippen LogP contribution < -0.4 is 16.0 Å². The van der Waals surface area contributed by atoms with Gasteiger partial charge in [0.25, 0.3) is 5.91 Å². The molecule has 0 saturated heterocycles. The molecule has 2 aromatic carbocycles. The molecular formula is C23H26N4O3. The van der Waals surface area contributed by atoms with Crippen molar-refractivity contribution >= 4 is 23.3 Å². The molecule has 0 spiro atoms. The summed E-state index contributed by atoms with van der Waals surface area (Å²) in [4.78, 5) is 26.4. The van der Waals surface area contributed by atoms with Crippen molar-refractivity contribution in [2.75, 3.05) is 24.2 Å². The first-order chi connectivity index (χ1) is 14.5. The minimum absolute atomic E-state index is 0.238. The van der Waals surface area contributed by atoms with Gasteiger partial charge in [0.05, 0.1) is 6.26 Å². The van der Waals surface area contributed by atoms with E-state index < -0.39 is 0 Å². The Bertz CT molecular complexity index is 968. The third-order valence-electron chi connectivity index (χ3n) is 4.58. The number of furan rings is 1. The van der Waals surface area contributed by atoms with Crippen LogP contribution in [0.5, 0.6) is 0 Å². The van der Waals surface area contributed by atoms with Crippen molar-refractivity contribution in [3.05, 3.63) is 83.8 Å². The normalized spacial score (nSPS) is 10.6. The zero-order valence-electron chi connectivity index (χ0n) is 17.1. The van der Waals surface area contributed by atoms with E-state index in [9.17, 15) is 9.59 Å². The molecule has 3 rings (SSSR count). The predicted molar refractivity (Wildman–Crippen MR) is 117 cm³/mol. The highest BCUT2D eigenvalue weighted by Crippen LogP contribution is 2.15. The fourth-order valence-corrected chi connectivity index (χ4v) is 2.86. The van der Waals surface area contributed by atoms with Crippen LogP contribution in [0.25, 0.3) is 0 Å². The second kappa shape index (κ2) is 10.3. The minimum Gasteiger partial charge on any atom is -0.459 e. The number of amides is 3. The standard InChI is InChI=1S/C23H26N4O3/c1-3-27(2)16-18-7-4-6-17(14-18)15-24-23(29)26-20-11-9-19(10-12-20)25-22(28)21-8-5-13-30-21/h4-14H,3,15-16H2,1-2H3,(H,25,28)(H2,24,26,29). The molecule has 0 fully saturated rings. The molecule has 0 radical (unpaired) electrons. The number of rotatable bonds is 8. The summed E-state index contributed by atoms with van der Waals surface area (Å²) in [5.74, 6) is -0.0900. The molecule has 1 heterocycles. The van der Waals surface area contributed by atoms with Gasteiger partial charge in [0.2, 0.25) is 0 Å². The summed E-state index contributed by atoms with van der Waals surface area (Å²) in [5.41, 5.74) is 3.49. The van der Waals surface area contributed by atoms with Crippen molar-refractivity contribution < 1.29 is 14.0 Å². The molecule has 30 heavy (non-hydrogen) atoms. The van der Waals surface area contributed by atoms with E-state index in [0.717, 1.165) is 18.7 Å². The van der Waals surface area contributed by atoms with E-state index in [1.165, 1.54) is 11.8 Å².